The van der Waals surface area contributed by atoms with Crippen LogP contribution in [0.3, 0.4) is 0 Å². The fourth-order valence-corrected chi connectivity index (χ4v) is 3.51. The van der Waals surface area contributed by atoms with Crippen LogP contribution in [-0.4, -0.2) is 16.0 Å². The standard InChI is InChI=1S/C17H25N3S/c1-10(2)15-14(9-18-11(3)4)21-17(20-15)16-13(6)7-12(5)8-19-16/h7-8,10-11,18H,9H2,1-6H3. The summed E-state index contributed by atoms with van der Waals surface area (Å²) in [5, 5.41) is 4.53. The molecule has 2 aromatic heterocycles. The van der Waals surface area contributed by atoms with E-state index in [4.69, 9.17) is 4.98 Å². The highest BCUT2D eigenvalue weighted by Gasteiger charge is 2.17. The number of nitrogens with one attached hydrogen (secondary N) is 1. The smallest absolute Gasteiger partial charge is 0.142 e. The molecular weight excluding hydrogens is 278 g/mol. The summed E-state index contributed by atoms with van der Waals surface area (Å²) in [7, 11) is 0. The van der Waals surface area contributed by atoms with Crippen LogP contribution in [0.2, 0.25) is 0 Å². The Bertz CT molecular complexity index is 614. The Labute approximate surface area is 131 Å². The first-order valence-corrected chi connectivity index (χ1v) is 8.36. The van der Waals surface area contributed by atoms with Gasteiger partial charge in [0.05, 0.1) is 5.69 Å². The monoisotopic (exact) mass is 303 g/mol. The van der Waals surface area contributed by atoms with Crippen molar-refractivity contribution < 1.29 is 0 Å². The van der Waals surface area contributed by atoms with Gasteiger partial charge in [0.25, 0.3) is 0 Å². The van der Waals surface area contributed by atoms with Gasteiger partial charge in [0, 0.05) is 23.7 Å². The van der Waals surface area contributed by atoms with E-state index in [1.54, 1.807) is 11.3 Å². The van der Waals surface area contributed by atoms with E-state index in [1.807, 2.05) is 6.20 Å². The summed E-state index contributed by atoms with van der Waals surface area (Å²) in [5.74, 6) is 0.435. The van der Waals surface area contributed by atoms with Crippen LogP contribution >= 0.6 is 11.3 Å². The minimum Gasteiger partial charge on any atom is -0.310 e. The van der Waals surface area contributed by atoms with Crippen LogP contribution in [0.15, 0.2) is 12.3 Å². The Kier molecular flexibility index (Phi) is 5.12. The van der Waals surface area contributed by atoms with Crippen LogP contribution in [0.25, 0.3) is 10.7 Å². The zero-order valence-corrected chi connectivity index (χ0v) is 14.6. The van der Waals surface area contributed by atoms with Crippen molar-refractivity contribution in [3.63, 3.8) is 0 Å². The lowest BCUT2D eigenvalue weighted by atomic mass is 10.1. The molecule has 0 aromatic carbocycles. The number of thiazole rings is 1. The Morgan fingerprint density at radius 3 is 2.48 bits per heavy atom. The molecule has 0 unspecified atom stereocenters. The average molecular weight is 303 g/mol. The minimum absolute atomic E-state index is 0.435. The second-order valence-electron chi connectivity index (χ2n) is 6.20. The van der Waals surface area contributed by atoms with E-state index in [9.17, 15) is 0 Å². The highest BCUT2D eigenvalue weighted by Crippen LogP contribution is 2.32. The summed E-state index contributed by atoms with van der Waals surface area (Å²) in [4.78, 5) is 10.8. The number of pyridine rings is 1. The van der Waals surface area contributed by atoms with Crippen molar-refractivity contribution >= 4 is 11.3 Å². The fraction of sp³-hybridized carbons (Fsp3) is 0.529. The van der Waals surface area contributed by atoms with E-state index < -0.39 is 0 Å². The average Bonchev–Trinajstić information content (AvgIpc) is 2.80. The lowest BCUT2D eigenvalue weighted by molar-refractivity contribution is 0.588. The van der Waals surface area contributed by atoms with Gasteiger partial charge in [-0.05, 0) is 30.9 Å². The molecule has 114 valence electrons. The molecule has 0 aliphatic rings. The number of nitrogens with zero attached hydrogens (tertiary/aromatic N) is 2. The molecule has 0 bridgehead atoms. The summed E-state index contributed by atoms with van der Waals surface area (Å²) in [6.07, 6.45) is 1.92. The van der Waals surface area contributed by atoms with Crippen molar-refractivity contribution in [1.82, 2.24) is 15.3 Å². The van der Waals surface area contributed by atoms with E-state index >= 15 is 0 Å². The predicted octanol–water partition coefficient (Wildman–Crippen LogP) is 4.44. The van der Waals surface area contributed by atoms with Gasteiger partial charge in [-0.1, -0.05) is 33.8 Å². The third-order valence-electron chi connectivity index (χ3n) is 3.36. The molecule has 0 fully saturated rings. The van der Waals surface area contributed by atoms with Crippen molar-refractivity contribution in [2.45, 2.75) is 60.0 Å². The predicted molar refractivity (Wildman–Crippen MR) is 90.9 cm³/mol. The second-order valence-corrected chi connectivity index (χ2v) is 7.28. The van der Waals surface area contributed by atoms with E-state index in [-0.39, 0.29) is 0 Å². The van der Waals surface area contributed by atoms with Gasteiger partial charge in [0.15, 0.2) is 0 Å². The topological polar surface area (TPSA) is 37.8 Å². The summed E-state index contributed by atoms with van der Waals surface area (Å²) in [6.45, 7) is 13.8. The normalized spacial score (nSPS) is 11.6. The Balaban J connectivity index is 2.38. The van der Waals surface area contributed by atoms with Crippen molar-refractivity contribution in [3.05, 3.63) is 34.0 Å². The van der Waals surface area contributed by atoms with Crippen molar-refractivity contribution in [2.24, 2.45) is 0 Å². The Morgan fingerprint density at radius 2 is 1.90 bits per heavy atom. The molecule has 21 heavy (non-hydrogen) atoms. The number of aromatic nitrogens is 2. The summed E-state index contributed by atoms with van der Waals surface area (Å²) in [5.41, 5.74) is 4.61. The van der Waals surface area contributed by atoms with Gasteiger partial charge in [-0.2, -0.15) is 0 Å². The van der Waals surface area contributed by atoms with Gasteiger partial charge in [-0.15, -0.1) is 11.3 Å². The third-order valence-corrected chi connectivity index (χ3v) is 4.44. The van der Waals surface area contributed by atoms with Crippen LogP contribution in [0.5, 0.6) is 0 Å². The number of hydrogen-bond donors (Lipinski definition) is 1. The molecule has 4 heteroatoms. The highest BCUT2D eigenvalue weighted by atomic mass is 32.1. The first-order chi connectivity index (χ1) is 9.88. The molecule has 2 aromatic rings. The number of aryl methyl sites for hydroxylation is 2. The maximum Gasteiger partial charge on any atom is 0.142 e. The highest BCUT2D eigenvalue weighted by molar-refractivity contribution is 7.15. The van der Waals surface area contributed by atoms with E-state index in [0.29, 0.717) is 12.0 Å². The SMILES string of the molecule is Cc1cnc(-c2nc(C(C)C)c(CNC(C)C)s2)c(C)c1. The van der Waals surface area contributed by atoms with Gasteiger partial charge >= 0.3 is 0 Å². The van der Waals surface area contributed by atoms with Crippen molar-refractivity contribution in [2.75, 3.05) is 0 Å². The minimum atomic E-state index is 0.435. The van der Waals surface area contributed by atoms with Gasteiger partial charge < -0.3 is 5.32 Å². The molecule has 0 aliphatic carbocycles. The molecular formula is C17H25N3S. The zero-order valence-electron chi connectivity index (χ0n) is 13.8. The van der Waals surface area contributed by atoms with Crippen LogP contribution < -0.4 is 5.32 Å². The molecule has 0 amide bonds. The maximum atomic E-state index is 4.86. The number of hydrogen-bond acceptors (Lipinski definition) is 4. The fourth-order valence-electron chi connectivity index (χ4n) is 2.28. The van der Waals surface area contributed by atoms with Crippen molar-refractivity contribution in [1.29, 1.82) is 0 Å². The lowest BCUT2D eigenvalue weighted by Crippen LogP contribution is -2.22. The van der Waals surface area contributed by atoms with Gasteiger partial charge in [0.2, 0.25) is 0 Å². The summed E-state index contributed by atoms with van der Waals surface area (Å²) in [6, 6.07) is 2.65. The van der Waals surface area contributed by atoms with Gasteiger partial charge in [0.1, 0.15) is 10.7 Å². The van der Waals surface area contributed by atoms with Crippen LogP contribution in [0.1, 0.15) is 55.3 Å². The maximum absolute atomic E-state index is 4.86. The molecule has 3 nitrogen and oxygen atoms in total. The van der Waals surface area contributed by atoms with Crippen LogP contribution in [-0.2, 0) is 6.54 Å². The molecule has 2 rings (SSSR count). The van der Waals surface area contributed by atoms with E-state index in [0.717, 1.165) is 17.2 Å². The first-order valence-electron chi connectivity index (χ1n) is 7.55. The third kappa shape index (κ3) is 3.89. The quantitative estimate of drug-likeness (QED) is 0.887. The van der Waals surface area contributed by atoms with Crippen LogP contribution in [0, 0.1) is 13.8 Å². The molecule has 0 saturated heterocycles. The molecule has 0 radical (unpaired) electrons. The first kappa shape index (κ1) is 16.1. The molecule has 1 N–H and O–H groups in total. The Morgan fingerprint density at radius 1 is 1.19 bits per heavy atom. The zero-order chi connectivity index (χ0) is 15.6. The number of rotatable bonds is 5. The summed E-state index contributed by atoms with van der Waals surface area (Å²) >= 11 is 1.77. The second kappa shape index (κ2) is 6.67. The molecule has 0 atom stereocenters. The van der Waals surface area contributed by atoms with Gasteiger partial charge in [-0.25, -0.2) is 4.98 Å². The molecule has 2 heterocycles. The largest absolute Gasteiger partial charge is 0.310 e. The lowest BCUT2D eigenvalue weighted by Gasteiger charge is -2.09. The molecule has 0 aliphatic heterocycles. The van der Waals surface area contributed by atoms with E-state index in [1.165, 1.54) is 21.7 Å². The van der Waals surface area contributed by atoms with Crippen molar-refractivity contribution in [3.8, 4) is 10.7 Å². The Hall–Kier alpha value is -1.26. The molecule has 0 saturated carbocycles. The molecule has 0 spiro atoms. The van der Waals surface area contributed by atoms with E-state index in [2.05, 4.69) is 57.9 Å². The van der Waals surface area contributed by atoms with Crippen LogP contribution in [0.4, 0.5) is 0 Å². The van der Waals surface area contributed by atoms with Gasteiger partial charge in [-0.3, -0.25) is 4.98 Å². The summed E-state index contributed by atoms with van der Waals surface area (Å²) < 4.78 is 0.